The normalized spacial score (nSPS) is 14.1. The molecule has 0 N–H and O–H groups in total. The summed E-state index contributed by atoms with van der Waals surface area (Å²) in [6.45, 7) is 3.43. The Kier molecular flexibility index (Phi) is 4.71. The monoisotopic (exact) mass is 255 g/mol. The van der Waals surface area contributed by atoms with Crippen molar-refractivity contribution in [1.29, 1.82) is 5.26 Å². The van der Waals surface area contributed by atoms with Gasteiger partial charge in [-0.2, -0.15) is 5.26 Å². The summed E-state index contributed by atoms with van der Waals surface area (Å²) < 4.78 is 27.1. The smallest absolute Gasteiger partial charge is 0.403 e. The number of phosphoric ester groups is 1. The van der Waals surface area contributed by atoms with Crippen molar-refractivity contribution in [3.63, 3.8) is 0 Å². The number of hydrogen-bond donors (Lipinski definition) is 0. The van der Waals surface area contributed by atoms with E-state index in [4.69, 9.17) is 18.8 Å². The Morgan fingerprint density at radius 2 is 2.00 bits per heavy atom. The molecule has 0 aliphatic rings. The van der Waals surface area contributed by atoms with Crippen LogP contribution in [-0.4, -0.2) is 13.2 Å². The minimum atomic E-state index is -3.67. The van der Waals surface area contributed by atoms with Crippen LogP contribution < -0.4 is 4.52 Å². The topological polar surface area (TPSA) is 68.5 Å². The van der Waals surface area contributed by atoms with Gasteiger partial charge in [-0.05, 0) is 26.0 Å². The van der Waals surface area contributed by atoms with Crippen molar-refractivity contribution in [2.24, 2.45) is 0 Å². The Balaban J connectivity index is 2.96. The van der Waals surface area contributed by atoms with Gasteiger partial charge in [-0.15, -0.1) is 0 Å². The van der Waals surface area contributed by atoms with Gasteiger partial charge in [0.15, 0.2) is 0 Å². The van der Waals surface area contributed by atoms with Crippen molar-refractivity contribution in [3.8, 4) is 11.8 Å². The second-order valence-electron chi connectivity index (χ2n) is 3.48. The summed E-state index contributed by atoms with van der Waals surface area (Å²) in [6, 6.07) is 8.39. The zero-order valence-corrected chi connectivity index (χ0v) is 10.8. The highest BCUT2D eigenvalue weighted by molar-refractivity contribution is 7.48. The second kappa shape index (κ2) is 5.83. The molecule has 1 atom stereocenters. The number of nitriles is 1. The lowest BCUT2D eigenvalue weighted by atomic mass is 10.2. The van der Waals surface area contributed by atoms with Crippen LogP contribution >= 0.6 is 7.82 Å². The van der Waals surface area contributed by atoms with Gasteiger partial charge in [-0.25, -0.2) is 4.57 Å². The lowest BCUT2D eigenvalue weighted by Gasteiger charge is -2.18. The highest BCUT2D eigenvalue weighted by Crippen LogP contribution is 2.50. The quantitative estimate of drug-likeness (QED) is 0.756. The van der Waals surface area contributed by atoms with Crippen molar-refractivity contribution in [3.05, 3.63) is 29.8 Å². The Bertz CT molecular complexity index is 467. The maximum Gasteiger partial charge on any atom is 0.530 e. The summed E-state index contributed by atoms with van der Waals surface area (Å²) >= 11 is 0. The molecular formula is C11H14NO4P. The molecule has 1 aromatic rings. The lowest BCUT2D eigenvalue weighted by Crippen LogP contribution is -2.07. The van der Waals surface area contributed by atoms with E-state index < -0.39 is 7.82 Å². The fraction of sp³-hybridized carbons (Fsp3) is 0.364. The molecule has 0 aromatic heterocycles. The zero-order chi connectivity index (χ0) is 12.9. The molecule has 92 valence electrons. The summed E-state index contributed by atoms with van der Waals surface area (Å²) in [4.78, 5) is 0. The molecule has 0 aliphatic carbocycles. The lowest BCUT2D eigenvalue weighted by molar-refractivity contribution is 0.144. The van der Waals surface area contributed by atoms with Gasteiger partial charge in [0.2, 0.25) is 0 Å². The maximum absolute atomic E-state index is 12.1. The minimum absolute atomic E-state index is 0.181. The molecule has 0 bridgehead atoms. The summed E-state index contributed by atoms with van der Waals surface area (Å²) in [6.07, 6.45) is -0.310. The first-order chi connectivity index (χ1) is 8.00. The van der Waals surface area contributed by atoms with Crippen molar-refractivity contribution < 1.29 is 18.1 Å². The van der Waals surface area contributed by atoms with Crippen LogP contribution in [0, 0.1) is 11.3 Å². The van der Waals surface area contributed by atoms with Crippen molar-refractivity contribution in [2.45, 2.75) is 20.0 Å². The molecule has 1 aromatic carbocycles. The van der Waals surface area contributed by atoms with Crippen LogP contribution in [0.2, 0.25) is 0 Å². The van der Waals surface area contributed by atoms with Crippen LogP contribution in [0.3, 0.4) is 0 Å². The van der Waals surface area contributed by atoms with Crippen molar-refractivity contribution in [2.75, 3.05) is 7.11 Å². The Labute approximate surface area is 101 Å². The fourth-order valence-corrected chi connectivity index (χ4v) is 2.24. The van der Waals surface area contributed by atoms with E-state index in [2.05, 4.69) is 0 Å². The van der Waals surface area contributed by atoms with Gasteiger partial charge in [0.25, 0.3) is 0 Å². The summed E-state index contributed by atoms with van der Waals surface area (Å²) in [5.74, 6) is 0.181. The first-order valence-corrected chi connectivity index (χ1v) is 6.49. The highest BCUT2D eigenvalue weighted by atomic mass is 31.2. The summed E-state index contributed by atoms with van der Waals surface area (Å²) in [7, 11) is -2.44. The van der Waals surface area contributed by atoms with E-state index in [0.29, 0.717) is 0 Å². The molecular weight excluding hydrogens is 241 g/mol. The Morgan fingerprint density at radius 3 is 2.53 bits per heavy atom. The molecule has 0 saturated heterocycles. The molecule has 6 heteroatoms. The standard InChI is InChI=1S/C11H14NO4P/c1-9(2)15-17(13,14-3)16-11-7-5-4-6-10(11)8-12/h4-7,9H,1-3H3. The van der Waals surface area contributed by atoms with Gasteiger partial charge in [0, 0.05) is 7.11 Å². The Hall–Kier alpha value is -1.34. The molecule has 0 saturated carbocycles. The van der Waals surface area contributed by atoms with Crippen LogP contribution in [0.25, 0.3) is 0 Å². The molecule has 0 heterocycles. The van der Waals surface area contributed by atoms with Crippen LogP contribution in [-0.2, 0) is 13.6 Å². The van der Waals surface area contributed by atoms with E-state index in [1.54, 1.807) is 32.0 Å². The molecule has 5 nitrogen and oxygen atoms in total. The first-order valence-electron chi connectivity index (χ1n) is 5.03. The van der Waals surface area contributed by atoms with Crippen LogP contribution in [0.15, 0.2) is 24.3 Å². The van der Waals surface area contributed by atoms with Gasteiger partial charge in [0.1, 0.15) is 11.8 Å². The third-order valence-electron chi connectivity index (χ3n) is 1.78. The van der Waals surface area contributed by atoms with Crippen LogP contribution in [0.5, 0.6) is 5.75 Å². The predicted molar refractivity (Wildman–Crippen MR) is 62.6 cm³/mol. The zero-order valence-electron chi connectivity index (χ0n) is 9.91. The van der Waals surface area contributed by atoms with E-state index in [1.165, 1.54) is 13.2 Å². The van der Waals surface area contributed by atoms with Crippen LogP contribution in [0.4, 0.5) is 0 Å². The number of para-hydroxylation sites is 1. The van der Waals surface area contributed by atoms with Gasteiger partial charge in [-0.1, -0.05) is 12.1 Å². The van der Waals surface area contributed by atoms with E-state index in [0.717, 1.165) is 0 Å². The SMILES string of the molecule is COP(=O)(Oc1ccccc1C#N)OC(C)C. The van der Waals surface area contributed by atoms with Gasteiger partial charge in [0.05, 0.1) is 11.7 Å². The summed E-state index contributed by atoms with van der Waals surface area (Å²) in [5.41, 5.74) is 0.275. The number of rotatable bonds is 5. The van der Waals surface area contributed by atoms with E-state index in [-0.39, 0.29) is 17.4 Å². The third kappa shape index (κ3) is 3.86. The largest absolute Gasteiger partial charge is 0.530 e. The molecule has 17 heavy (non-hydrogen) atoms. The average molecular weight is 255 g/mol. The second-order valence-corrected chi connectivity index (χ2v) is 5.14. The van der Waals surface area contributed by atoms with E-state index in [1.807, 2.05) is 6.07 Å². The van der Waals surface area contributed by atoms with Crippen molar-refractivity contribution in [1.82, 2.24) is 0 Å². The average Bonchev–Trinajstić information content (AvgIpc) is 2.28. The predicted octanol–water partition coefficient (Wildman–Crippen LogP) is 3.12. The highest BCUT2D eigenvalue weighted by Gasteiger charge is 2.29. The van der Waals surface area contributed by atoms with E-state index >= 15 is 0 Å². The molecule has 0 aliphatic heterocycles. The molecule has 0 amide bonds. The molecule has 1 unspecified atom stereocenters. The van der Waals surface area contributed by atoms with E-state index in [9.17, 15) is 4.57 Å². The maximum atomic E-state index is 12.1. The molecule has 0 spiro atoms. The summed E-state index contributed by atoms with van der Waals surface area (Å²) in [5, 5.41) is 8.87. The van der Waals surface area contributed by atoms with Crippen molar-refractivity contribution >= 4 is 7.82 Å². The van der Waals surface area contributed by atoms with Gasteiger partial charge >= 0.3 is 7.82 Å². The molecule has 0 radical (unpaired) electrons. The number of benzene rings is 1. The van der Waals surface area contributed by atoms with Gasteiger partial charge < -0.3 is 4.52 Å². The molecule has 0 fully saturated rings. The van der Waals surface area contributed by atoms with Crippen LogP contribution in [0.1, 0.15) is 19.4 Å². The third-order valence-corrected chi connectivity index (χ3v) is 3.33. The number of nitrogens with zero attached hydrogens (tertiary/aromatic N) is 1. The number of phosphoric acid groups is 1. The number of hydrogen-bond acceptors (Lipinski definition) is 5. The minimum Gasteiger partial charge on any atom is -0.403 e. The first kappa shape index (κ1) is 13.7. The molecule has 1 rings (SSSR count). The fourth-order valence-electron chi connectivity index (χ4n) is 1.12. The Morgan fingerprint density at radius 1 is 1.35 bits per heavy atom. The van der Waals surface area contributed by atoms with Gasteiger partial charge in [-0.3, -0.25) is 9.05 Å².